The summed E-state index contributed by atoms with van der Waals surface area (Å²) in [5, 5.41) is 15.2. The van der Waals surface area contributed by atoms with Crippen LogP contribution in [0.2, 0.25) is 0 Å². The predicted octanol–water partition coefficient (Wildman–Crippen LogP) is 2.73. The molecule has 1 aliphatic rings. The van der Waals surface area contributed by atoms with Crippen LogP contribution < -0.4 is 5.32 Å². The molecule has 1 amide bonds. The van der Waals surface area contributed by atoms with Gasteiger partial charge in [-0.25, -0.2) is 0 Å². The van der Waals surface area contributed by atoms with E-state index in [9.17, 15) is 9.90 Å². The molecular formula is C14H21NO2S. The molecule has 0 radical (unpaired) electrons. The van der Waals surface area contributed by atoms with Crippen molar-refractivity contribution in [3.05, 3.63) is 21.9 Å². The molecule has 0 bridgehead atoms. The van der Waals surface area contributed by atoms with Gasteiger partial charge in [0.15, 0.2) is 0 Å². The highest BCUT2D eigenvalue weighted by molar-refractivity contribution is 7.12. The lowest BCUT2D eigenvalue weighted by molar-refractivity contribution is -0.00537. The van der Waals surface area contributed by atoms with Gasteiger partial charge in [0.25, 0.3) is 5.91 Å². The van der Waals surface area contributed by atoms with Gasteiger partial charge in [-0.2, -0.15) is 0 Å². The van der Waals surface area contributed by atoms with E-state index in [1.165, 1.54) is 11.3 Å². The lowest BCUT2D eigenvalue weighted by Crippen LogP contribution is -2.45. The Morgan fingerprint density at radius 2 is 2.22 bits per heavy atom. The number of aliphatic hydroxyl groups is 1. The fraction of sp³-hybridized carbons (Fsp3) is 0.643. The maximum atomic E-state index is 12.0. The summed E-state index contributed by atoms with van der Waals surface area (Å²) in [6, 6.07) is 1.94. The topological polar surface area (TPSA) is 49.3 Å². The third kappa shape index (κ3) is 3.12. The summed E-state index contributed by atoms with van der Waals surface area (Å²) in [6.45, 7) is 4.52. The van der Waals surface area contributed by atoms with E-state index in [4.69, 9.17) is 0 Å². The van der Waals surface area contributed by atoms with Crippen molar-refractivity contribution in [3.8, 4) is 0 Å². The summed E-state index contributed by atoms with van der Waals surface area (Å²) in [5.41, 5.74) is 0.301. The molecule has 1 aliphatic carbocycles. The molecule has 0 unspecified atom stereocenters. The first-order valence-electron chi connectivity index (χ1n) is 6.55. The minimum atomic E-state index is -0.701. The zero-order chi connectivity index (χ0) is 13.2. The first kappa shape index (κ1) is 13.6. The van der Waals surface area contributed by atoms with Gasteiger partial charge in [0, 0.05) is 6.54 Å². The van der Waals surface area contributed by atoms with Crippen LogP contribution >= 0.6 is 11.3 Å². The van der Waals surface area contributed by atoms with Gasteiger partial charge >= 0.3 is 0 Å². The second kappa shape index (κ2) is 5.41. The molecule has 100 valence electrons. The van der Waals surface area contributed by atoms with Crippen LogP contribution in [0.5, 0.6) is 0 Å². The van der Waals surface area contributed by atoms with Crippen LogP contribution in [-0.2, 0) is 0 Å². The van der Waals surface area contributed by atoms with Crippen molar-refractivity contribution < 1.29 is 9.90 Å². The summed E-state index contributed by atoms with van der Waals surface area (Å²) in [5.74, 6) is 0.634. The maximum Gasteiger partial charge on any atom is 0.261 e. The Morgan fingerprint density at radius 1 is 1.56 bits per heavy atom. The van der Waals surface area contributed by atoms with Crippen LogP contribution in [-0.4, -0.2) is 23.2 Å². The van der Waals surface area contributed by atoms with Gasteiger partial charge in [-0.15, -0.1) is 11.3 Å². The molecule has 1 aromatic rings. The van der Waals surface area contributed by atoms with E-state index in [1.54, 1.807) is 0 Å². The summed E-state index contributed by atoms with van der Waals surface area (Å²) in [7, 11) is 0. The molecule has 0 atom stereocenters. The Labute approximate surface area is 112 Å². The smallest absolute Gasteiger partial charge is 0.261 e. The van der Waals surface area contributed by atoms with Crippen LogP contribution in [0.4, 0.5) is 0 Å². The van der Waals surface area contributed by atoms with Crippen LogP contribution in [0.15, 0.2) is 11.4 Å². The van der Waals surface area contributed by atoms with Crippen molar-refractivity contribution in [2.45, 2.75) is 45.1 Å². The van der Waals surface area contributed by atoms with E-state index in [2.05, 4.69) is 12.2 Å². The van der Waals surface area contributed by atoms with Crippen LogP contribution in [0, 0.1) is 12.8 Å². The number of hydrogen-bond acceptors (Lipinski definition) is 3. The van der Waals surface area contributed by atoms with Crippen molar-refractivity contribution in [3.63, 3.8) is 0 Å². The van der Waals surface area contributed by atoms with E-state index >= 15 is 0 Å². The molecule has 2 rings (SSSR count). The summed E-state index contributed by atoms with van der Waals surface area (Å²) in [6.07, 6.45) is 3.67. The minimum Gasteiger partial charge on any atom is -0.388 e. The molecular weight excluding hydrogens is 246 g/mol. The van der Waals surface area contributed by atoms with Crippen LogP contribution in [0.3, 0.4) is 0 Å². The molecule has 18 heavy (non-hydrogen) atoms. The Morgan fingerprint density at radius 3 is 2.78 bits per heavy atom. The van der Waals surface area contributed by atoms with Gasteiger partial charge in [0.05, 0.1) is 10.5 Å². The molecule has 1 aromatic heterocycles. The second-order valence-electron chi connectivity index (χ2n) is 5.52. The van der Waals surface area contributed by atoms with Gasteiger partial charge in [-0.05, 0) is 55.5 Å². The van der Waals surface area contributed by atoms with Crippen molar-refractivity contribution >= 4 is 17.2 Å². The normalized spacial score (nSPS) is 28.1. The number of nitrogens with one attached hydrogen (secondary N) is 1. The highest BCUT2D eigenvalue weighted by Crippen LogP contribution is 2.31. The quantitative estimate of drug-likeness (QED) is 0.884. The summed E-state index contributed by atoms with van der Waals surface area (Å²) < 4.78 is 0. The minimum absolute atomic E-state index is 0.0606. The zero-order valence-electron chi connectivity index (χ0n) is 11.0. The number of carbonyl (C=O) groups excluding carboxylic acids is 1. The van der Waals surface area contributed by atoms with Crippen molar-refractivity contribution in [1.82, 2.24) is 5.32 Å². The average Bonchev–Trinajstić information content (AvgIpc) is 2.77. The lowest BCUT2D eigenvalue weighted by atomic mass is 9.79. The number of amides is 1. The third-order valence-corrected chi connectivity index (χ3v) is 4.87. The highest BCUT2D eigenvalue weighted by atomic mass is 32.1. The number of rotatable bonds is 3. The lowest BCUT2D eigenvalue weighted by Gasteiger charge is -2.34. The number of hydrogen-bond donors (Lipinski definition) is 2. The molecule has 0 aromatic carbocycles. The third-order valence-electron chi connectivity index (χ3n) is 3.85. The number of carbonyl (C=O) groups is 1. The molecule has 2 N–H and O–H groups in total. The van der Waals surface area contributed by atoms with Gasteiger partial charge in [0.1, 0.15) is 0 Å². The molecule has 1 heterocycles. The Hall–Kier alpha value is -0.870. The van der Waals surface area contributed by atoms with Gasteiger partial charge in [-0.3, -0.25) is 4.79 Å². The van der Waals surface area contributed by atoms with E-state index < -0.39 is 5.60 Å². The van der Waals surface area contributed by atoms with E-state index in [-0.39, 0.29) is 5.91 Å². The zero-order valence-corrected chi connectivity index (χ0v) is 11.8. The molecule has 1 fully saturated rings. The summed E-state index contributed by atoms with van der Waals surface area (Å²) >= 11 is 1.45. The van der Waals surface area contributed by atoms with Gasteiger partial charge < -0.3 is 10.4 Å². The molecule has 0 aliphatic heterocycles. The largest absolute Gasteiger partial charge is 0.388 e. The fourth-order valence-corrected chi connectivity index (χ4v) is 3.25. The van der Waals surface area contributed by atoms with Crippen LogP contribution in [0.1, 0.15) is 47.8 Å². The molecule has 4 heteroatoms. The Kier molecular flexibility index (Phi) is 4.07. The maximum absolute atomic E-state index is 12.0. The highest BCUT2D eigenvalue weighted by Gasteiger charge is 2.32. The molecule has 3 nitrogen and oxygen atoms in total. The Balaban J connectivity index is 1.88. The summed E-state index contributed by atoms with van der Waals surface area (Å²) in [4.78, 5) is 12.7. The molecule has 0 spiro atoms. The van der Waals surface area contributed by atoms with Gasteiger partial charge in [-0.1, -0.05) is 6.92 Å². The standard InChI is InChI=1S/C14H21NO2S/c1-10-3-6-14(17,7-4-10)9-15-13(16)12-11(2)5-8-18-12/h5,8,10,17H,3-4,6-7,9H2,1-2H3,(H,15,16). The first-order valence-corrected chi connectivity index (χ1v) is 7.43. The van der Waals surface area contributed by atoms with Crippen LogP contribution in [0.25, 0.3) is 0 Å². The molecule has 0 saturated heterocycles. The Bertz CT molecular complexity index is 419. The average molecular weight is 267 g/mol. The van der Waals surface area contributed by atoms with E-state index in [0.29, 0.717) is 12.5 Å². The monoisotopic (exact) mass is 267 g/mol. The van der Waals surface area contributed by atoms with Gasteiger partial charge in [0.2, 0.25) is 0 Å². The first-order chi connectivity index (χ1) is 8.50. The fourth-order valence-electron chi connectivity index (χ4n) is 2.41. The molecule has 1 saturated carbocycles. The van der Waals surface area contributed by atoms with Crippen molar-refractivity contribution in [2.24, 2.45) is 5.92 Å². The van der Waals surface area contributed by atoms with E-state index in [1.807, 2.05) is 18.4 Å². The number of aryl methyl sites for hydroxylation is 1. The predicted molar refractivity (Wildman–Crippen MR) is 74.0 cm³/mol. The SMILES string of the molecule is Cc1ccsc1C(=O)NCC1(O)CCC(C)CC1. The van der Waals surface area contributed by atoms with Crippen molar-refractivity contribution in [2.75, 3.05) is 6.54 Å². The van der Waals surface area contributed by atoms with Crippen molar-refractivity contribution in [1.29, 1.82) is 0 Å². The second-order valence-corrected chi connectivity index (χ2v) is 6.44. The van der Waals surface area contributed by atoms with E-state index in [0.717, 1.165) is 36.1 Å². The number of thiophene rings is 1.